The first kappa shape index (κ1) is 10.6. The molecule has 0 saturated heterocycles. The lowest BCUT2D eigenvalue weighted by atomic mass is 10.3. The number of pyridine rings is 1. The molecule has 1 aromatic rings. The summed E-state index contributed by atoms with van der Waals surface area (Å²) in [4.78, 5) is 15.2. The number of carbonyl (C=O) groups is 1. The topological polar surface area (TPSA) is 42.0 Å². The number of nitrogens with one attached hydrogen (secondary N) is 1. The molecule has 0 aliphatic rings. The molecule has 0 spiro atoms. The maximum Gasteiger partial charge on any atom is 0.269 e. The van der Waals surface area contributed by atoms with E-state index in [0.29, 0.717) is 23.7 Å². The number of rotatable bonds is 3. The van der Waals surface area contributed by atoms with E-state index in [1.165, 1.54) is 12.3 Å². The number of carbonyl (C=O) groups excluding carboxylic acids is 1. The molecule has 0 atom stereocenters. The molecule has 3 nitrogen and oxygen atoms in total. The predicted octanol–water partition coefficient (Wildman–Crippen LogP) is 1.49. The Kier molecular flexibility index (Phi) is 3.96. The smallest absolute Gasteiger partial charge is 0.269 e. The zero-order chi connectivity index (χ0) is 10.4. The molecule has 72 valence electrons. The number of halogens is 1. The number of nitrogens with zero attached hydrogens (tertiary/aromatic N) is 1. The molecule has 0 saturated carbocycles. The fourth-order valence-corrected chi connectivity index (χ4v) is 1.03. The van der Waals surface area contributed by atoms with Crippen molar-refractivity contribution < 1.29 is 4.79 Å². The Bertz CT molecular complexity index is 371. The van der Waals surface area contributed by atoms with E-state index in [2.05, 4.69) is 16.2 Å². The van der Waals surface area contributed by atoms with Gasteiger partial charge in [0.2, 0.25) is 0 Å². The van der Waals surface area contributed by atoms with Crippen LogP contribution < -0.4 is 5.32 Å². The molecule has 4 heteroatoms. The van der Waals surface area contributed by atoms with Gasteiger partial charge in [-0.2, -0.15) is 0 Å². The largest absolute Gasteiger partial charge is 0.350 e. The molecule has 1 aromatic heterocycles. The van der Waals surface area contributed by atoms with Crippen LogP contribution in [0.25, 0.3) is 0 Å². The SMILES string of the molecule is C#CCCNC(=O)c1cc(Cl)ccn1. The molecule has 0 aromatic carbocycles. The van der Waals surface area contributed by atoms with Gasteiger partial charge in [-0.15, -0.1) is 12.3 Å². The summed E-state index contributed by atoms with van der Waals surface area (Å²) < 4.78 is 0. The van der Waals surface area contributed by atoms with Gasteiger partial charge in [-0.25, -0.2) is 0 Å². The van der Waals surface area contributed by atoms with Crippen molar-refractivity contribution in [3.8, 4) is 12.3 Å². The third-order valence-corrected chi connectivity index (χ3v) is 1.74. The van der Waals surface area contributed by atoms with Gasteiger partial charge in [-0.1, -0.05) is 11.6 Å². The third-order valence-electron chi connectivity index (χ3n) is 1.51. The fourth-order valence-electron chi connectivity index (χ4n) is 0.868. The first-order valence-corrected chi connectivity index (χ1v) is 4.45. The van der Waals surface area contributed by atoms with E-state index in [4.69, 9.17) is 18.0 Å². The predicted molar refractivity (Wildman–Crippen MR) is 55.0 cm³/mol. The van der Waals surface area contributed by atoms with Gasteiger partial charge in [-0.05, 0) is 12.1 Å². The normalized spacial score (nSPS) is 9.14. The Labute approximate surface area is 87.5 Å². The summed E-state index contributed by atoms with van der Waals surface area (Å²) in [6.45, 7) is 0.448. The minimum Gasteiger partial charge on any atom is -0.350 e. The van der Waals surface area contributed by atoms with E-state index >= 15 is 0 Å². The Balaban J connectivity index is 2.57. The van der Waals surface area contributed by atoms with Crippen molar-refractivity contribution in [1.82, 2.24) is 10.3 Å². The van der Waals surface area contributed by atoms with Crippen molar-refractivity contribution in [2.24, 2.45) is 0 Å². The second-order valence-electron chi connectivity index (χ2n) is 2.57. The van der Waals surface area contributed by atoms with Crippen LogP contribution in [-0.4, -0.2) is 17.4 Å². The van der Waals surface area contributed by atoms with Crippen LogP contribution in [0.15, 0.2) is 18.3 Å². The molecule has 1 rings (SSSR count). The van der Waals surface area contributed by atoms with Crippen LogP contribution in [0.3, 0.4) is 0 Å². The number of hydrogen-bond donors (Lipinski definition) is 1. The molecular formula is C10H9ClN2O. The number of hydrogen-bond acceptors (Lipinski definition) is 2. The summed E-state index contributed by atoms with van der Waals surface area (Å²) in [5.41, 5.74) is 0.300. The van der Waals surface area contributed by atoms with Crippen LogP contribution in [0.5, 0.6) is 0 Å². The van der Waals surface area contributed by atoms with E-state index < -0.39 is 0 Å². The highest BCUT2D eigenvalue weighted by Gasteiger charge is 2.05. The Morgan fingerprint density at radius 3 is 3.14 bits per heavy atom. The van der Waals surface area contributed by atoms with E-state index in [1.807, 2.05) is 0 Å². The molecule has 0 aliphatic heterocycles. The second kappa shape index (κ2) is 5.25. The summed E-state index contributed by atoms with van der Waals surface area (Å²) in [6.07, 6.45) is 7.03. The van der Waals surface area contributed by atoms with Gasteiger partial charge in [0.15, 0.2) is 0 Å². The van der Waals surface area contributed by atoms with Crippen molar-refractivity contribution in [1.29, 1.82) is 0 Å². The average Bonchev–Trinajstić information content (AvgIpc) is 2.18. The van der Waals surface area contributed by atoms with Crippen LogP contribution in [0.4, 0.5) is 0 Å². The van der Waals surface area contributed by atoms with E-state index in [1.54, 1.807) is 6.07 Å². The molecule has 1 heterocycles. The van der Waals surface area contributed by atoms with Gasteiger partial charge in [0.25, 0.3) is 5.91 Å². The van der Waals surface area contributed by atoms with Gasteiger partial charge in [0.05, 0.1) is 0 Å². The van der Waals surface area contributed by atoms with Crippen LogP contribution in [0.2, 0.25) is 5.02 Å². The first-order chi connectivity index (χ1) is 6.74. The molecule has 0 unspecified atom stereocenters. The third kappa shape index (κ3) is 3.08. The Hall–Kier alpha value is -1.53. The van der Waals surface area contributed by atoms with Crippen molar-refractivity contribution >= 4 is 17.5 Å². The zero-order valence-electron chi connectivity index (χ0n) is 7.46. The molecule has 1 amide bonds. The lowest BCUT2D eigenvalue weighted by molar-refractivity contribution is 0.0949. The minimum atomic E-state index is -0.261. The van der Waals surface area contributed by atoms with Gasteiger partial charge in [-0.3, -0.25) is 9.78 Å². The second-order valence-corrected chi connectivity index (χ2v) is 3.01. The average molecular weight is 209 g/mol. The zero-order valence-corrected chi connectivity index (χ0v) is 8.21. The summed E-state index contributed by atoms with van der Waals surface area (Å²) in [6, 6.07) is 3.12. The van der Waals surface area contributed by atoms with Crippen LogP contribution in [0, 0.1) is 12.3 Å². The van der Waals surface area contributed by atoms with Crippen molar-refractivity contribution in [3.05, 3.63) is 29.0 Å². The Morgan fingerprint density at radius 2 is 2.50 bits per heavy atom. The van der Waals surface area contributed by atoms with E-state index in [9.17, 15) is 4.79 Å². The highest BCUT2D eigenvalue weighted by Crippen LogP contribution is 2.07. The van der Waals surface area contributed by atoms with Crippen LogP contribution in [0.1, 0.15) is 16.9 Å². The maximum atomic E-state index is 11.4. The van der Waals surface area contributed by atoms with Gasteiger partial charge in [0, 0.05) is 24.2 Å². The van der Waals surface area contributed by atoms with E-state index in [0.717, 1.165) is 0 Å². The summed E-state index contributed by atoms with van der Waals surface area (Å²) in [5.74, 6) is 2.16. The molecule has 0 bridgehead atoms. The summed E-state index contributed by atoms with van der Waals surface area (Å²) >= 11 is 5.70. The van der Waals surface area contributed by atoms with Crippen LogP contribution in [-0.2, 0) is 0 Å². The highest BCUT2D eigenvalue weighted by atomic mass is 35.5. The summed E-state index contributed by atoms with van der Waals surface area (Å²) in [7, 11) is 0. The van der Waals surface area contributed by atoms with E-state index in [-0.39, 0.29) is 5.91 Å². The standard InChI is InChI=1S/C10H9ClN2O/c1-2-3-5-13-10(14)9-7-8(11)4-6-12-9/h1,4,6-7H,3,5H2,(H,13,14). The van der Waals surface area contributed by atoms with Crippen molar-refractivity contribution in [3.63, 3.8) is 0 Å². The van der Waals surface area contributed by atoms with Gasteiger partial charge in [0.1, 0.15) is 5.69 Å². The quantitative estimate of drug-likeness (QED) is 0.604. The lowest BCUT2D eigenvalue weighted by Gasteiger charge is -2.01. The summed E-state index contributed by atoms with van der Waals surface area (Å²) in [5, 5.41) is 3.11. The van der Waals surface area contributed by atoms with Crippen molar-refractivity contribution in [2.75, 3.05) is 6.54 Å². The molecule has 1 N–H and O–H groups in total. The monoisotopic (exact) mass is 208 g/mol. The molecule has 0 aliphatic carbocycles. The van der Waals surface area contributed by atoms with Gasteiger partial charge >= 0.3 is 0 Å². The maximum absolute atomic E-state index is 11.4. The molecule has 14 heavy (non-hydrogen) atoms. The Morgan fingerprint density at radius 1 is 1.71 bits per heavy atom. The number of aromatic nitrogens is 1. The van der Waals surface area contributed by atoms with Crippen LogP contribution >= 0.6 is 11.6 Å². The first-order valence-electron chi connectivity index (χ1n) is 4.07. The minimum absolute atomic E-state index is 0.261. The number of amides is 1. The fraction of sp³-hybridized carbons (Fsp3) is 0.200. The highest BCUT2D eigenvalue weighted by molar-refractivity contribution is 6.30. The van der Waals surface area contributed by atoms with Gasteiger partial charge < -0.3 is 5.32 Å². The molecule has 0 radical (unpaired) electrons. The lowest BCUT2D eigenvalue weighted by Crippen LogP contribution is -2.24. The number of terminal acetylenes is 1. The van der Waals surface area contributed by atoms with Crippen molar-refractivity contribution in [2.45, 2.75) is 6.42 Å². The molecule has 0 fully saturated rings. The molecular weight excluding hydrogens is 200 g/mol.